The van der Waals surface area contributed by atoms with Crippen LogP contribution in [0.25, 0.3) is 0 Å². The molecule has 0 saturated heterocycles. The summed E-state index contributed by atoms with van der Waals surface area (Å²) in [5.74, 6) is -1.80. The highest BCUT2D eigenvalue weighted by Crippen LogP contribution is 2.18. The van der Waals surface area contributed by atoms with Crippen molar-refractivity contribution < 1.29 is 14.0 Å². The number of nitrogens with one attached hydrogen (secondary N) is 4. The average Bonchev–Trinajstić information content (AvgIpc) is 3.28. The van der Waals surface area contributed by atoms with Crippen LogP contribution in [0.5, 0.6) is 0 Å². The molecule has 21 heavy (non-hydrogen) atoms. The fourth-order valence-electron chi connectivity index (χ4n) is 1.48. The molecule has 4 N–H and O–H groups in total. The van der Waals surface area contributed by atoms with Gasteiger partial charge in [-0.25, -0.2) is 4.39 Å². The van der Waals surface area contributed by atoms with Crippen molar-refractivity contribution in [3.63, 3.8) is 0 Å². The summed E-state index contributed by atoms with van der Waals surface area (Å²) in [6.45, 7) is 0.371. The molecule has 0 radical (unpaired) electrons. The summed E-state index contributed by atoms with van der Waals surface area (Å²) in [5.41, 5.74) is 5.45. The van der Waals surface area contributed by atoms with Crippen LogP contribution in [0.3, 0.4) is 0 Å². The zero-order valence-electron chi connectivity index (χ0n) is 11.1. The summed E-state index contributed by atoms with van der Waals surface area (Å²) in [7, 11) is 0. The molecule has 1 aliphatic carbocycles. The molecule has 8 heteroatoms. The number of benzene rings is 1. The van der Waals surface area contributed by atoms with E-state index in [0.29, 0.717) is 6.54 Å². The maximum absolute atomic E-state index is 12.7. The van der Waals surface area contributed by atoms with Crippen molar-refractivity contribution in [2.45, 2.75) is 25.4 Å². The van der Waals surface area contributed by atoms with Gasteiger partial charge in [-0.05, 0) is 42.8 Å². The normalized spacial score (nSPS) is 13.2. The Kier molecular flexibility index (Phi) is 5.04. The Balaban J connectivity index is 1.65. The first-order valence-electron chi connectivity index (χ1n) is 6.44. The van der Waals surface area contributed by atoms with Crippen LogP contribution in [0.1, 0.15) is 18.4 Å². The van der Waals surface area contributed by atoms with Crippen molar-refractivity contribution in [3.05, 3.63) is 35.6 Å². The fourth-order valence-corrected chi connectivity index (χ4v) is 1.60. The van der Waals surface area contributed by atoms with E-state index < -0.39 is 11.8 Å². The van der Waals surface area contributed by atoms with Crippen molar-refractivity contribution in [3.8, 4) is 0 Å². The van der Waals surface area contributed by atoms with E-state index in [1.165, 1.54) is 12.1 Å². The van der Waals surface area contributed by atoms with Crippen LogP contribution in [0.2, 0.25) is 0 Å². The van der Waals surface area contributed by atoms with Gasteiger partial charge in [0.1, 0.15) is 5.82 Å². The molecule has 0 heterocycles. The summed E-state index contributed by atoms with van der Waals surface area (Å²) in [6, 6.07) is 6.04. The lowest BCUT2D eigenvalue weighted by Crippen LogP contribution is -2.51. The van der Waals surface area contributed by atoms with E-state index in [9.17, 15) is 14.0 Å². The minimum Gasteiger partial charge on any atom is -0.357 e. The van der Waals surface area contributed by atoms with E-state index in [1.807, 2.05) is 0 Å². The number of hydrazine groups is 1. The minimum absolute atomic E-state index is 0.117. The summed E-state index contributed by atoms with van der Waals surface area (Å²) in [4.78, 5) is 22.8. The van der Waals surface area contributed by atoms with Crippen molar-refractivity contribution in [1.29, 1.82) is 0 Å². The summed E-state index contributed by atoms with van der Waals surface area (Å²) >= 11 is 4.94. The second kappa shape index (κ2) is 6.98. The van der Waals surface area contributed by atoms with Crippen LogP contribution >= 0.6 is 12.2 Å². The van der Waals surface area contributed by atoms with Crippen molar-refractivity contribution in [2.75, 3.05) is 0 Å². The molecular weight excluding hydrogens is 295 g/mol. The van der Waals surface area contributed by atoms with Gasteiger partial charge in [0.05, 0.1) is 0 Å². The number of amides is 2. The van der Waals surface area contributed by atoms with Gasteiger partial charge in [-0.15, -0.1) is 0 Å². The van der Waals surface area contributed by atoms with E-state index in [-0.39, 0.29) is 17.0 Å². The second-order valence-electron chi connectivity index (χ2n) is 4.64. The van der Waals surface area contributed by atoms with Crippen molar-refractivity contribution in [2.24, 2.45) is 0 Å². The number of rotatable bonds is 3. The molecule has 0 bridgehead atoms. The lowest BCUT2D eigenvalue weighted by atomic mass is 10.2. The van der Waals surface area contributed by atoms with Crippen molar-refractivity contribution >= 4 is 29.1 Å². The fraction of sp³-hybridized carbons (Fsp3) is 0.308. The van der Waals surface area contributed by atoms with Gasteiger partial charge >= 0.3 is 11.8 Å². The number of hydrogen-bond acceptors (Lipinski definition) is 3. The minimum atomic E-state index is -0.798. The Morgan fingerprint density at radius 1 is 1.14 bits per heavy atom. The number of thiocarbonyl (C=S) groups is 1. The molecule has 0 spiro atoms. The number of carbonyl (C=O) groups excluding carboxylic acids is 2. The zero-order chi connectivity index (χ0) is 15.2. The van der Waals surface area contributed by atoms with Gasteiger partial charge in [0.2, 0.25) is 0 Å². The smallest absolute Gasteiger partial charge is 0.327 e. The number of carbonyl (C=O) groups is 2. The monoisotopic (exact) mass is 310 g/mol. The van der Waals surface area contributed by atoms with E-state index >= 15 is 0 Å². The first kappa shape index (κ1) is 15.2. The quantitative estimate of drug-likeness (QED) is 0.362. The lowest BCUT2D eigenvalue weighted by molar-refractivity contribution is -0.139. The molecule has 1 aromatic rings. The maximum atomic E-state index is 12.7. The van der Waals surface area contributed by atoms with Gasteiger partial charge in [0.15, 0.2) is 5.11 Å². The first-order chi connectivity index (χ1) is 10.0. The predicted molar refractivity (Wildman–Crippen MR) is 78.3 cm³/mol. The molecule has 2 amide bonds. The Bertz CT molecular complexity index is 546. The number of halogens is 1. The third kappa shape index (κ3) is 5.35. The largest absolute Gasteiger partial charge is 0.357 e. The van der Waals surface area contributed by atoms with E-state index in [1.54, 1.807) is 12.1 Å². The molecule has 0 unspecified atom stereocenters. The van der Waals surface area contributed by atoms with Crippen LogP contribution in [-0.2, 0) is 16.1 Å². The number of hydrogen-bond donors (Lipinski definition) is 4. The SMILES string of the molecule is O=C(NNC(=S)NCc1ccc(F)cc1)C(=O)NC1CC1. The van der Waals surface area contributed by atoms with E-state index in [0.717, 1.165) is 18.4 Å². The molecular formula is C13H15FN4O2S. The topological polar surface area (TPSA) is 82.3 Å². The van der Waals surface area contributed by atoms with Gasteiger partial charge in [-0.2, -0.15) is 0 Å². The molecule has 0 aromatic heterocycles. The Morgan fingerprint density at radius 2 is 1.81 bits per heavy atom. The first-order valence-corrected chi connectivity index (χ1v) is 6.84. The highest BCUT2D eigenvalue weighted by Gasteiger charge is 2.26. The van der Waals surface area contributed by atoms with E-state index in [2.05, 4.69) is 21.5 Å². The average molecular weight is 310 g/mol. The zero-order valence-corrected chi connectivity index (χ0v) is 11.9. The Labute approximate surface area is 126 Å². The molecule has 1 aliphatic rings. The standard InChI is InChI=1S/C13H15FN4O2S/c14-9-3-1-8(2-4-9)7-15-13(21)18-17-12(20)11(19)16-10-5-6-10/h1-4,10H,5-7H2,(H,16,19)(H,17,20)(H2,15,18,21). The van der Waals surface area contributed by atoms with Gasteiger partial charge in [0, 0.05) is 12.6 Å². The van der Waals surface area contributed by atoms with Gasteiger partial charge in [0.25, 0.3) is 0 Å². The molecule has 0 atom stereocenters. The third-order valence-corrected chi connectivity index (χ3v) is 3.02. The molecule has 1 saturated carbocycles. The van der Waals surface area contributed by atoms with E-state index in [4.69, 9.17) is 12.2 Å². The van der Waals surface area contributed by atoms with Crippen LogP contribution in [0.15, 0.2) is 24.3 Å². The highest BCUT2D eigenvalue weighted by molar-refractivity contribution is 7.80. The molecule has 1 fully saturated rings. The van der Waals surface area contributed by atoms with Gasteiger partial charge < -0.3 is 10.6 Å². The summed E-state index contributed by atoms with van der Waals surface area (Å²) < 4.78 is 12.7. The second-order valence-corrected chi connectivity index (χ2v) is 5.04. The van der Waals surface area contributed by atoms with Crippen molar-refractivity contribution in [1.82, 2.24) is 21.5 Å². The maximum Gasteiger partial charge on any atom is 0.327 e. The molecule has 112 valence electrons. The van der Waals surface area contributed by atoms with Gasteiger partial charge in [-0.1, -0.05) is 12.1 Å². The lowest BCUT2D eigenvalue weighted by Gasteiger charge is -2.11. The predicted octanol–water partition coefficient (Wildman–Crippen LogP) is 0.0996. The van der Waals surface area contributed by atoms with Crippen LogP contribution in [0.4, 0.5) is 4.39 Å². The molecule has 1 aromatic carbocycles. The van der Waals surface area contributed by atoms with Gasteiger partial charge in [-0.3, -0.25) is 20.4 Å². The summed E-state index contributed by atoms with van der Waals surface area (Å²) in [6.07, 6.45) is 1.81. The van der Waals surface area contributed by atoms with Crippen LogP contribution in [0, 0.1) is 5.82 Å². The van der Waals surface area contributed by atoms with Crippen LogP contribution < -0.4 is 21.5 Å². The van der Waals surface area contributed by atoms with Crippen LogP contribution in [-0.4, -0.2) is 23.0 Å². The molecule has 6 nitrogen and oxygen atoms in total. The summed E-state index contributed by atoms with van der Waals surface area (Å²) in [5, 5.41) is 5.53. The molecule has 2 rings (SSSR count). The Morgan fingerprint density at radius 3 is 2.43 bits per heavy atom. The highest BCUT2D eigenvalue weighted by atomic mass is 32.1. The molecule has 0 aliphatic heterocycles. The third-order valence-electron chi connectivity index (χ3n) is 2.77. The Hall–Kier alpha value is -2.22.